The molecule has 4 N–H and O–H groups in total. The Labute approximate surface area is 184 Å². The minimum atomic E-state index is -0.877. The third-order valence-corrected chi connectivity index (χ3v) is 4.60. The summed E-state index contributed by atoms with van der Waals surface area (Å²) in [6, 6.07) is 8.71. The van der Waals surface area contributed by atoms with Crippen LogP contribution in [-0.2, 0) is 6.54 Å². The number of aromatic amines is 1. The summed E-state index contributed by atoms with van der Waals surface area (Å²) in [4.78, 5) is 24.5. The molecular weight excluding hydrogens is 410 g/mol. The maximum absolute atomic E-state index is 12.8. The monoisotopic (exact) mass is 433 g/mol. The number of carbonyl (C=O) groups is 1. The first-order valence-corrected chi connectivity index (χ1v) is 9.99. The van der Waals surface area contributed by atoms with Crippen LogP contribution in [0, 0.1) is 0 Å². The maximum Gasteiger partial charge on any atom is 0.255 e. The average molecular weight is 433 g/mol. The largest absolute Gasteiger partial charge is 0.437 e. The summed E-state index contributed by atoms with van der Waals surface area (Å²) in [7, 11) is 0. The Bertz CT molecular complexity index is 1220. The van der Waals surface area contributed by atoms with Crippen molar-refractivity contribution in [2.75, 3.05) is 5.32 Å². The molecule has 0 aliphatic carbocycles. The lowest BCUT2D eigenvalue weighted by Gasteiger charge is -2.13. The highest BCUT2D eigenvalue weighted by atomic mass is 16.5. The zero-order chi connectivity index (χ0) is 22.5. The lowest BCUT2D eigenvalue weighted by molar-refractivity contribution is 0.0937. The predicted octanol–water partition coefficient (Wildman–Crippen LogP) is 2.68. The normalized spacial score (nSPS) is 12.8. The number of nitrogens with zero attached hydrogens (tertiary/aromatic N) is 4. The van der Waals surface area contributed by atoms with Crippen molar-refractivity contribution in [1.29, 1.82) is 0 Å². The lowest BCUT2D eigenvalue weighted by atomic mass is 10.2. The standard InChI is InChI=1S/C22H23N7O3/c1-3-18(30)27-15-6-4-7-16(10-15)32-19-12-24-21-20(28-19)17(11-23-21)22(31)26-14(2)13-29-9-5-8-25-29/h3-12,14,18,27,30H,1,13H2,2H3,(H,23,24)(H,26,31)/t14-,18?/m1/s1. The molecule has 4 rings (SSSR count). The van der Waals surface area contributed by atoms with E-state index in [4.69, 9.17) is 4.74 Å². The van der Waals surface area contributed by atoms with E-state index in [0.717, 1.165) is 0 Å². The zero-order valence-electron chi connectivity index (χ0n) is 17.4. The molecule has 3 aromatic heterocycles. The second-order valence-corrected chi connectivity index (χ2v) is 7.17. The summed E-state index contributed by atoms with van der Waals surface area (Å²) < 4.78 is 7.57. The zero-order valence-corrected chi connectivity index (χ0v) is 17.4. The fourth-order valence-electron chi connectivity index (χ4n) is 3.13. The molecule has 0 aliphatic heterocycles. The second-order valence-electron chi connectivity index (χ2n) is 7.17. The van der Waals surface area contributed by atoms with Gasteiger partial charge in [0.2, 0.25) is 5.88 Å². The Morgan fingerprint density at radius 3 is 3.06 bits per heavy atom. The number of rotatable bonds is 9. The van der Waals surface area contributed by atoms with Crippen molar-refractivity contribution >= 4 is 22.8 Å². The van der Waals surface area contributed by atoms with Crippen molar-refractivity contribution < 1.29 is 14.6 Å². The van der Waals surface area contributed by atoms with E-state index in [9.17, 15) is 9.90 Å². The van der Waals surface area contributed by atoms with Crippen LogP contribution < -0.4 is 15.4 Å². The van der Waals surface area contributed by atoms with Gasteiger partial charge in [0.15, 0.2) is 5.65 Å². The fourth-order valence-corrected chi connectivity index (χ4v) is 3.13. The average Bonchev–Trinajstić information content (AvgIpc) is 3.43. The number of aliphatic hydroxyl groups excluding tert-OH is 1. The highest BCUT2D eigenvalue weighted by Crippen LogP contribution is 2.25. The smallest absolute Gasteiger partial charge is 0.255 e. The van der Waals surface area contributed by atoms with Gasteiger partial charge in [0, 0.05) is 36.4 Å². The Morgan fingerprint density at radius 2 is 2.28 bits per heavy atom. The maximum atomic E-state index is 12.8. The number of amides is 1. The number of benzene rings is 1. The SMILES string of the molecule is C=CC(O)Nc1cccc(Oc2cnc3[nH]cc(C(=O)N[C@H](C)Cn4cccn4)c3n2)c1. The van der Waals surface area contributed by atoms with E-state index in [1.165, 1.54) is 12.3 Å². The Hall–Kier alpha value is -4.18. The van der Waals surface area contributed by atoms with E-state index in [1.54, 1.807) is 41.3 Å². The molecule has 0 bridgehead atoms. The van der Waals surface area contributed by atoms with Crippen molar-refractivity contribution in [3.05, 3.63) is 73.3 Å². The highest BCUT2D eigenvalue weighted by Gasteiger charge is 2.17. The van der Waals surface area contributed by atoms with Gasteiger partial charge >= 0.3 is 0 Å². The lowest BCUT2D eigenvalue weighted by Crippen LogP contribution is -2.35. The first kappa shape index (κ1) is 21.1. The Kier molecular flexibility index (Phi) is 6.13. The van der Waals surface area contributed by atoms with Gasteiger partial charge in [-0.1, -0.05) is 12.6 Å². The number of fused-ring (bicyclic) bond motifs is 1. The summed E-state index contributed by atoms with van der Waals surface area (Å²) >= 11 is 0. The number of hydrogen-bond acceptors (Lipinski definition) is 7. The molecule has 1 aromatic carbocycles. The molecule has 0 saturated heterocycles. The topological polar surface area (TPSA) is 130 Å². The van der Waals surface area contributed by atoms with E-state index in [-0.39, 0.29) is 17.8 Å². The van der Waals surface area contributed by atoms with Gasteiger partial charge in [-0.3, -0.25) is 9.48 Å². The predicted molar refractivity (Wildman–Crippen MR) is 119 cm³/mol. The third kappa shape index (κ3) is 4.93. The van der Waals surface area contributed by atoms with Crippen LogP contribution in [0.2, 0.25) is 0 Å². The molecule has 4 aromatic rings. The Morgan fingerprint density at radius 1 is 1.41 bits per heavy atom. The van der Waals surface area contributed by atoms with Crippen molar-refractivity contribution in [1.82, 2.24) is 30.0 Å². The number of hydrogen-bond donors (Lipinski definition) is 4. The molecule has 0 fully saturated rings. The van der Waals surface area contributed by atoms with Gasteiger partial charge in [-0.25, -0.2) is 9.97 Å². The first-order chi connectivity index (χ1) is 15.5. The molecule has 0 aliphatic rings. The van der Waals surface area contributed by atoms with E-state index < -0.39 is 6.23 Å². The van der Waals surface area contributed by atoms with Crippen molar-refractivity contribution in [3.8, 4) is 11.6 Å². The second kappa shape index (κ2) is 9.31. The molecule has 10 heteroatoms. The van der Waals surface area contributed by atoms with E-state index in [0.29, 0.717) is 34.7 Å². The molecule has 0 spiro atoms. The van der Waals surface area contributed by atoms with Gasteiger partial charge in [-0.05, 0) is 31.2 Å². The van der Waals surface area contributed by atoms with E-state index in [2.05, 4.69) is 37.3 Å². The quantitative estimate of drug-likeness (QED) is 0.236. The molecule has 32 heavy (non-hydrogen) atoms. The number of anilines is 1. The number of nitrogens with one attached hydrogen (secondary N) is 3. The van der Waals surface area contributed by atoms with Crippen LogP contribution in [0.15, 0.2) is 67.8 Å². The van der Waals surface area contributed by atoms with Gasteiger partial charge in [0.05, 0.1) is 18.3 Å². The number of ether oxygens (including phenoxy) is 1. The number of aromatic nitrogens is 5. The fraction of sp³-hybridized carbons (Fsp3) is 0.182. The number of H-pyrrole nitrogens is 1. The third-order valence-electron chi connectivity index (χ3n) is 4.60. The van der Waals surface area contributed by atoms with Crippen LogP contribution in [0.1, 0.15) is 17.3 Å². The van der Waals surface area contributed by atoms with Crippen LogP contribution in [0.25, 0.3) is 11.2 Å². The van der Waals surface area contributed by atoms with Crippen molar-refractivity contribution in [2.45, 2.75) is 25.7 Å². The summed E-state index contributed by atoms with van der Waals surface area (Å²) in [6.45, 7) is 5.98. The minimum Gasteiger partial charge on any atom is -0.437 e. The molecular formula is C22H23N7O3. The summed E-state index contributed by atoms with van der Waals surface area (Å²) in [6.07, 6.45) is 7.08. The number of aliphatic hydroxyl groups is 1. The van der Waals surface area contributed by atoms with Crippen LogP contribution in [0.3, 0.4) is 0 Å². The van der Waals surface area contributed by atoms with Crippen LogP contribution in [-0.4, -0.2) is 48.0 Å². The summed E-state index contributed by atoms with van der Waals surface area (Å²) in [5.74, 6) is 0.457. The summed E-state index contributed by atoms with van der Waals surface area (Å²) in [5, 5.41) is 19.6. The highest BCUT2D eigenvalue weighted by molar-refractivity contribution is 6.04. The molecule has 164 valence electrons. The van der Waals surface area contributed by atoms with Crippen LogP contribution in [0.5, 0.6) is 11.6 Å². The molecule has 10 nitrogen and oxygen atoms in total. The Balaban J connectivity index is 1.49. The first-order valence-electron chi connectivity index (χ1n) is 9.99. The van der Waals surface area contributed by atoms with Gasteiger partial charge in [0.25, 0.3) is 5.91 Å². The van der Waals surface area contributed by atoms with Crippen molar-refractivity contribution in [2.24, 2.45) is 0 Å². The van der Waals surface area contributed by atoms with E-state index >= 15 is 0 Å². The number of carbonyl (C=O) groups excluding carboxylic acids is 1. The molecule has 0 radical (unpaired) electrons. The minimum absolute atomic E-state index is 0.138. The van der Waals surface area contributed by atoms with Crippen molar-refractivity contribution in [3.63, 3.8) is 0 Å². The molecule has 2 atom stereocenters. The van der Waals surface area contributed by atoms with Gasteiger partial charge in [-0.2, -0.15) is 5.10 Å². The van der Waals surface area contributed by atoms with Crippen LogP contribution in [0.4, 0.5) is 5.69 Å². The molecule has 3 heterocycles. The summed E-state index contributed by atoms with van der Waals surface area (Å²) in [5.41, 5.74) is 1.90. The molecule has 1 unspecified atom stereocenters. The van der Waals surface area contributed by atoms with Gasteiger partial charge in [-0.15, -0.1) is 0 Å². The molecule has 1 amide bonds. The van der Waals surface area contributed by atoms with Crippen LogP contribution >= 0.6 is 0 Å². The molecule has 0 saturated carbocycles. The van der Waals surface area contributed by atoms with Gasteiger partial charge < -0.3 is 25.5 Å². The van der Waals surface area contributed by atoms with Gasteiger partial charge in [0.1, 0.15) is 17.5 Å². The van der Waals surface area contributed by atoms with E-state index in [1.807, 2.05) is 19.2 Å².